The van der Waals surface area contributed by atoms with Crippen LogP contribution in [0.1, 0.15) is 48.4 Å². The van der Waals surface area contributed by atoms with Gasteiger partial charge in [-0.05, 0) is 79.7 Å². The number of carboxylic acids is 1. The van der Waals surface area contributed by atoms with Crippen LogP contribution in [0.15, 0.2) is 68.7 Å². The lowest BCUT2D eigenvalue weighted by Crippen LogP contribution is -2.19. The summed E-state index contributed by atoms with van der Waals surface area (Å²) in [5.74, 6) is 1.76. The van der Waals surface area contributed by atoms with Gasteiger partial charge >= 0.3 is 5.97 Å². The molecule has 4 rings (SSSR count). The molecule has 0 saturated carbocycles. The van der Waals surface area contributed by atoms with E-state index in [2.05, 4.69) is 53.5 Å². The van der Waals surface area contributed by atoms with E-state index in [9.17, 15) is 9.90 Å². The molecule has 42 heavy (non-hydrogen) atoms. The van der Waals surface area contributed by atoms with Crippen molar-refractivity contribution in [1.82, 2.24) is 14.8 Å². The lowest BCUT2D eigenvalue weighted by Gasteiger charge is -2.20. The van der Waals surface area contributed by atoms with E-state index in [0.29, 0.717) is 43.3 Å². The smallest absolute Gasteiger partial charge is 0.349 e. The molecular weight excluding hydrogens is 710 g/mol. The van der Waals surface area contributed by atoms with Crippen LogP contribution < -0.4 is 14.2 Å². The van der Waals surface area contributed by atoms with Crippen LogP contribution in [0.25, 0.3) is 0 Å². The first-order valence-electron chi connectivity index (χ1n) is 13.1. The lowest BCUT2D eigenvalue weighted by molar-refractivity contribution is -0.145. The van der Waals surface area contributed by atoms with Gasteiger partial charge in [0.05, 0.1) is 29.7 Å². The molecule has 0 spiro atoms. The van der Waals surface area contributed by atoms with Crippen molar-refractivity contribution in [3.63, 3.8) is 0 Å². The van der Waals surface area contributed by atoms with Gasteiger partial charge in [-0.15, -0.1) is 10.2 Å². The van der Waals surface area contributed by atoms with Gasteiger partial charge in [0.15, 0.2) is 16.7 Å². The van der Waals surface area contributed by atoms with Gasteiger partial charge in [0.25, 0.3) is 0 Å². The number of carboxylic acid groups (broad SMARTS) is 1. The van der Waals surface area contributed by atoms with Crippen molar-refractivity contribution < 1.29 is 24.1 Å². The van der Waals surface area contributed by atoms with E-state index in [1.165, 1.54) is 14.2 Å². The molecule has 0 saturated heterocycles. The van der Waals surface area contributed by atoms with Crippen molar-refractivity contribution in [3.8, 4) is 17.2 Å². The third-order valence-electron chi connectivity index (χ3n) is 6.42. The maximum absolute atomic E-state index is 12.3. The fourth-order valence-corrected chi connectivity index (χ4v) is 6.53. The Bertz CT molecular complexity index is 1520. The highest BCUT2D eigenvalue weighted by molar-refractivity contribution is 9.11. The minimum absolute atomic E-state index is 0.365. The Labute approximate surface area is 271 Å². The number of halogens is 3. The zero-order valence-corrected chi connectivity index (χ0v) is 28.0. The average molecular weight is 740 g/mol. The number of ether oxygens (including phenoxy) is 3. The third-order valence-corrected chi connectivity index (χ3v) is 9.12. The molecule has 0 aliphatic carbocycles. The largest absolute Gasteiger partial charge is 0.492 e. The van der Waals surface area contributed by atoms with E-state index in [0.717, 1.165) is 47.1 Å². The van der Waals surface area contributed by atoms with Crippen LogP contribution in [0, 0.1) is 0 Å². The van der Waals surface area contributed by atoms with E-state index >= 15 is 0 Å². The van der Waals surface area contributed by atoms with Crippen molar-refractivity contribution in [3.05, 3.63) is 91.1 Å². The molecule has 222 valence electrons. The van der Waals surface area contributed by atoms with Crippen molar-refractivity contribution >= 4 is 61.2 Å². The number of hydrogen-bond acceptors (Lipinski definition) is 7. The molecule has 0 aliphatic rings. The predicted octanol–water partition coefficient (Wildman–Crippen LogP) is 8.36. The van der Waals surface area contributed by atoms with Crippen LogP contribution in [0.4, 0.5) is 0 Å². The second-order valence-corrected chi connectivity index (χ2v) is 12.3. The Hall–Kier alpha value is -2.73. The molecule has 1 aromatic heterocycles. The summed E-state index contributed by atoms with van der Waals surface area (Å²) in [6, 6.07) is 16.8. The van der Waals surface area contributed by atoms with Gasteiger partial charge in [-0.2, -0.15) is 0 Å². The number of methoxy groups -OCH3 is 2. The maximum Gasteiger partial charge on any atom is 0.349 e. The van der Waals surface area contributed by atoms with Crippen LogP contribution in [0.3, 0.4) is 0 Å². The number of benzene rings is 3. The molecule has 1 N–H and O–H groups in total. The number of carbonyl (C=O) groups is 1. The number of hydrogen-bond donors (Lipinski definition) is 1. The van der Waals surface area contributed by atoms with Crippen molar-refractivity contribution in [2.24, 2.45) is 0 Å². The highest BCUT2D eigenvalue weighted by atomic mass is 79.9. The summed E-state index contributed by atoms with van der Waals surface area (Å²) in [6.07, 6.45) is 1.62. The normalized spacial score (nSPS) is 11.8. The number of rotatable bonds is 14. The van der Waals surface area contributed by atoms with Crippen molar-refractivity contribution in [1.29, 1.82) is 0 Å². The zero-order valence-electron chi connectivity index (χ0n) is 23.3. The highest BCUT2D eigenvalue weighted by Gasteiger charge is 2.29. The van der Waals surface area contributed by atoms with Gasteiger partial charge in [-0.25, -0.2) is 4.79 Å². The molecule has 1 atom stereocenters. The van der Waals surface area contributed by atoms with Crippen LogP contribution in [-0.2, 0) is 23.5 Å². The minimum Gasteiger partial charge on any atom is -0.492 e. The number of aromatic nitrogens is 3. The first kappa shape index (κ1) is 32.2. The number of aliphatic carboxylic acids is 1. The Morgan fingerprint density at radius 2 is 1.69 bits per heavy atom. The van der Waals surface area contributed by atoms with Crippen molar-refractivity contribution in [2.75, 3.05) is 14.2 Å². The van der Waals surface area contributed by atoms with Crippen LogP contribution >= 0.6 is 55.2 Å². The zero-order chi connectivity index (χ0) is 30.2. The van der Waals surface area contributed by atoms with E-state index in [4.69, 9.17) is 25.8 Å². The molecule has 1 heterocycles. The van der Waals surface area contributed by atoms with Gasteiger partial charge in [0.2, 0.25) is 6.10 Å². The van der Waals surface area contributed by atoms with Crippen LogP contribution in [0.5, 0.6) is 17.2 Å². The SMILES string of the molecule is CCCCc1nnc(SCc2ccc(Cl)cc2)n1Cc1ccc(OC(C(=O)O)c2cc(Br)c(OC)c(OC)c2Br)cc1. The second-order valence-electron chi connectivity index (χ2n) is 9.31. The van der Waals surface area contributed by atoms with Crippen LogP contribution in [-0.4, -0.2) is 40.1 Å². The number of thioether (sulfide) groups is 1. The fourth-order valence-electron chi connectivity index (χ4n) is 4.24. The summed E-state index contributed by atoms with van der Waals surface area (Å²) in [6.45, 7) is 2.73. The standard InChI is InChI=1S/C30H30Br2ClN3O5S/c1-4-5-6-24-34-35-30(42-17-19-7-11-20(33)12-8-19)36(24)16-18-9-13-21(14-10-18)41-26(29(37)38)22-15-23(31)27(39-2)28(40-3)25(22)32/h7-15,26H,4-6,16-17H2,1-3H3,(H,37,38). The summed E-state index contributed by atoms with van der Waals surface area (Å²) in [7, 11) is 2.99. The van der Waals surface area contributed by atoms with Gasteiger partial charge in [0, 0.05) is 22.8 Å². The molecule has 4 aromatic rings. The average Bonchev–Trinajstić information content (AvgIpc) is 3.36. The Morgan fingerprint density at radius 3 is 2.31 bits per heavy atom. The molecule has 0 radical (unpaired) electrons. The summed E-state index contributed by atoms with van der Waals surface area (Å²) in [4.78, 5) is 12.3. The minimum atomic E-state index is -1.30. The van der Waals surface area contributed by atoms with E-state index in [1.54, 1.807) is 30.0 Å². The molecular formula is C30H30Br2ClN3O5S. The molecule has 0 fully saturated rings. The highest BCUT2D eigenvalue weighted by Crippen LogP contribution is 2.45. The number of unbranched alkanes of at least 4 members (excludes halogenated alkanes) is 1. The van der Waals surface area contributed by atoms with Crippen molar-refractivity contribution in [2.45, 2.75) is 49.7 Å². The quantitative estimate of drug-likeness (QED) is 0.129. The van der Waals surface area contributed by atoms with Gasteiger partial charge < -0.3 is 23.9 Å². The summed E-state index contributed by atoms with van der Waals surface area (Å²) in [5, 5.41) is 20.5. The topological polar surface area (TPSA) is 95.7 Å². The molecule has 12 heteroatoms. The summed E-state index contributed by atoms with van der Waals surface area (Å²) in [5.41, 5.74) is 2.54. The van der Waals surface area contributed by atoms with E-state index in [1.807, 2.05) is 36.4 Å². The van der Waals surface area contributed by atoms with Gasteiger partial charge in [-0.3, -0.25) is 0 Å². The second kappa shape index (κ2) is 15.1. The Morgan fingerprint density at radius 1 is 1.02 bits per heavy atom. The molecule has 0 bridgehead atoms. The summed E-state index contributed by atoms with van der Waals surface area (Å²) < 4.78 is 19.9. The summed E-state index contributed by atoms with van der Waals surface area (Å²) >= 11 is 14.6. The van der Waals surface area contributed by atoms with E-state index in [-0.39, 0.29) is 0 Å². The first-order chi connectivity index (χ1) is 20.2. The maximum atomic E-state index is 12.3. The number of nitrogens with zero attached hydrogens (tertiary/aromatic N) is 3. The Balaban J connectivity index is 1.54. The molecule has 1 unspecified atom stereocenters. The monoisotopic (exact) mass is 737 g/mol. The molecule has 8 nitrogen and oxygen atoms in total. The Kier molecular flexibility index (Phi) is 11.6. The molecule has 0 aliphatic heterocycles. The van der Waals surface area contributed by atoms with Gasteiger partial charge in [-0.1, -0.05) is 61.0 Å². The number of aryl methyl sites for hydroxylation is 1. The van der Waals surface area contributed by atoms with Crippen LogP contribution in [0.2, 0.25) is 5.02 Å². The van der Waals surface area contributed by atoms with Gasteiger partial charge in [0.1, 0.15) is 11.6 Å². The molecule has 0 amide bonds. The predicted molar refractivity (Wildman–Crippen MR) is 171 cm³/mol. The third kappa shape index (κ3) is 7.80. The lowest BCUT2D eigenvalue weighted by atomic mass is 10.1. The van der Waals surface area contributed by atoms with E-state index < -0.39 is 12.1 Å². The fraction of sp³-hybridized carbons (Fsp3) is 0.300. The first-order valence-corrected chi connectivity index (χ1v) is 16.1. The molecule has 3 aromatic carbocycles.